The molecule has 0 bridgehead atoms. The molecule has 5 rings (SSSR count). The Morgan fingerprint density at radius 3 is 2.77 bits per heavy atom. The standard InChI is InChI=1S/C22H18N2O4S2/c25-21(14-30-22-23-17-5-1-2-6-18(17)28-22)24(13-16-4-3-11-29-16)15-7-8-19-20(12-15)27-10-9-26-19/h1-8,11-12H,9-10,13-14H2. The van der Waals surface area contributed by atoms with Gasteiger partial charge in [0.1, 0.15) is 18.7 Å². The first-order valence-electron chi connectivity index (χ1n) is 9.47. The van der Waals surface area contributed by atoms with Crippen molar-refractivity contribution < 1.29 is 18.7 Å². The highest BCUT2D eigenvalue weighted by atomic mass is 32.2. The van der Waals surface area contributed by atoms with Gasteiger partial charge in [-0.3, -0.25) is 4.79 Å². The number of carbonyl (C=O) groups excluding carboxylic acids is 1. The van der Waals surface area contributed by atoms with Crippen molar-refractivity contribution in [2.24, 2.45) is 0 Å². The molecule has 0 aliphatic carbocycles. The summed E-state index contributed by atoms with van der Waals surface area (Å²) in [7, 11) is 0. The van der Waals surface area contributed by atoms with Crippen molar-refractivity contribution in [2.45, 2.75) is 11.8 Å². The Morgan fingerprint density at radius 2 is 1.93 bits per heavy atom. The Hall–Kier alpha value is -2.97. The number of benzene rings is 2. The van der Waals surface area contributed by atoms with Gasteiger partial charge in [0.05, 0.1) is 12.3 Å². The number of thioether (sulfide) groups is 1. The minimum Gasteiger partial charge on any atom is -0.486 e. The lowest BCUT2D eigenvalue weighted by Gasteiger charge is -2.25. The van der Waals surface area contributed by atoms with Gasteiger partial charge in [0.15, 0.2) is 17.1 Å². The summed E-state index contributed by atoms with van der Waals surface area (Å²) >= 11 is 2.92. The third-order valence-corrected chi connectivity index (χ3v) is 6.30. The molecule has 1 aliphatic rings. The van der Waals surface area contributed by atoms with Gasteiger partial charge in [-0.2, -0.15) is 0 Å². The summed E-state index contributed by atoms with van der Waals surface area (Å²) in [6.45, 7) is 1.53. The van der Waals surface area contributed by atoms with E-state index in [1.54, 1.807) is 16.2 Å². The second-order valence-corrected chi connectivity index (χ2v) is 8.58. The molecule has 30 heavy (non-hydrogen) atoms. The summed E-state index contributed by atoms with van der Waals surface area (Å²) in [5.74, 6) is 1.54. The van der Waals surface area contributed by atoms with Crippen LogP contribution >= 0.6 is 23.1 Å². The number of ether oxygens (including phenoxy) is 2. The summed E-state index contributed by atoms with van der Waals surface area (Å²) < 4.78 is 17.0. The van der Waals surface area contributed by atoms with E-state index in [1.807, 2.05) is 60.0 Å². The van der Waals surface area contributed by atoms with E-state index in [-0.39, 0.29) is 11.7 Å². The van der Waals surface area contributed by atoms with E-state index in [4.69, 9.17) is 13.9 Å². The number of oxazole rings is 1. The van der Waals surface area contributed by atoms with Crippen LogP contribution in [0.1, 0.15) is 4.88 Å². The molecule has 0 unspecified atom stereocenters. The molecule has 1 aliphatic heterocycles. The molecule has 0 N–H and O–H groups in total. The third-order valence-electron chi connectivity index (χ3n) is 4.63. The van der Waals surface area contributed by atoms with Gasteiger partial charge in [0, 0.05) is 16.6 Å². The number of rotatable bonds is 6. The quantitative estimate of drug-likeness (QED) is 0.395. The molecule has 6 nitrogen and oxygen atoms in total. The van der Waals surface area contributed by atoms with Gasteiger partial charge in [0.2, 0.25) is 5.91 Å². The lowest BCUT2D eigenvalue weighted by molar-refractivity contribution is -0.116. The number of thiophene rings is 1. The van der Waals surface area contributed by atoms with E-state index in [1.165, 1.54) is 11.8 Å². The minimum absolute atomic E-state index is 0.0349. The summed E-state index contributed by atoms with van der Waals surface area (Å²) in [5.41, 5.74) is 2.28. The molecular formula is C22H18N2O4S2. The average Bonchev–Trinajstić information content (AvgIpc) is 3.45. The van der Waals surface area contributed by atoms with Crippen molar-refractivity contribution in [1.82, 2.24) is 4.98 Å². The maximum Gasteiger partial charge on any atom is 0.257 e. The van der Waals surface area contributed by atoms with Gasteiger partial charge >= 0.3 is 0 Å². The number of hydrogen-bond donors (Lipinski definition) is 0. The van der Waals surface area contributed by atoms with Crippen molar-refractivity contribution in [3.63, 3.8) is 0 Å². The van der Waals surface area contributed by atoms with Crippen molar-refractivity contribution in [3.8, 4) is 11.5 Å². The molecule has 0 saturated heterocycles. The van der Waals surface area contributed by atoms with Crippen LogP contribution < -0.4 is 14.4 Å². The first kappa shape index (κ1) is 19.0. The fourth-order valence-electron chi connectivity index (χ4n) is 3.20. The normalized spacial score (nSPS) is 12.8. The van der Waals surface area contributed by atoms with Gasteiger partial charge in [-0.1, -0.05) is 30.0 Å². The van der Waals surface area contributed by atoms with Gasteiger partial charge in [-0.05, 0) is 35.7 Å². The fraction of sp³-hybridized carbons (Fsp3) is 0.182. The molecule has 2 aromatic carbocycles. The maximum absolute atomic E-state index is 13.2. The Balaban J connectivity index is 1.37. The number of anilines is 1. The molecular weight excluding hydrogens is 420 g/mol. The molecule has 0 spiro atoms. The zero-order valence-corrected chi connectivity index (χ0v) is 17.6. The summed E-state index contributed by atoms with van der Waals surface area (Å²) in [5, 5.41) is 2.50. The second kappa shape index (κ2) is 8.41. The van der Waals surface area contributed by atoms with Crippen LogP contribution in [0.5, 0.6) is 11.5 Å². The molecule has 1 amide bonds. The second-order valence-electron chi connectivity index (χ2n) is 6.62. The molecule has 0 fully saturated rings. The van der Waals surface area contributed by atoms with Crippen LogP contribution in [0.2, 0.25) is 0 Å². The van der Waals surface area contributed by atoms with E-state index in [0.717, 1.165) is 21.7 Å². The number of fused-ring (bicyclic) bond motifs is 2. The first-order valence-corrected chi connectivity index (χ1v) is 11.3. The van der Waals surface area contributed by atoms with E-state index >= 15 is 0 Å². The SMILES string of the molecule is O=C(CSc1nc2ccccc2o1)N(Cc1cccs1)c1ccc2c(c1)OCCO2. The monoisotopic (exact) mass is 438 g/mol. The predicted molar refractivity (Wildman–Crippen MR) is 118 cm³/mol. The van der Waals surface area contributed by atoms with Crippen LogP contribution in [-0.2, 0) is 11.3 Å². The Kier molecular flexibility index (Phi) is 5.33. The third kappa shape index (κ3) is 4.01. The maximum atomic E-state index is 13.2. The van der Waals surface area contributed by atoms with Gasteiger partial charge in [-0.25, -0.2) is 4.98 Å². The molecule has 4 aromatic rings. The number of aromatic nitrogens is 1. The number of amides is 1. The van der Waals surface area contributed by atoms with Crippen molar-refractivity contribution >= 4 is 45.8 Å². The van der Waals surface area contributed by atoms with E-state index in [2.05, 4.69) is 4.98 Å². The molecule has 8 heteroatoms. The van der Waals surface area contributed by atoms with Crippen molar-refractivity contribution in [2.75, 3.05) is 23.9 Å². The van der Waals surface area contributed by atoms with Crippen LogP contribution in [0.3, 0.4) is 0 Å². The van der Waals surface area contributed by atoms with Crippen LogP contribution in [0.15, 0.2) is 69.6 Å². The number of nitrogens with zero attached hydrogens (tertiary/aromatic N) is 2. The number of hydrogen-bond acceptors (Lipinski definition) is 7. The Morgan fingerprint density at radius 1 is 1.07 bits per heavy atom. The van der Waals surface area contributed by atoms with Gasteiger partial charge < -0.3 is 18.8 Å². The summed E-state index contributed by atoms with van der Waals surface area (Å²) in [4.78, 5) is 20.5. The highest BCUT2D eigenvalue weighted by Gasteiger charge is 2.21. The number of carbonyl (C=O) groups is 1. The van der Waals surface area contributed by atoms with E-state index < -0.39 is 0 Å². The molecule has 0 saturated carbocycles. The van der Waals surface area contributed by atoms with Crippen LogP contribution in [0, 0.1) is 0 Å². The lowest BCUT2D eigenvalue weighted by Crippen LogP contribution is -2.31. The minimum atomic E-state index is -0.0349. The smallest absolute Gasteiger partial charge is 0.257 e. The van der Waals surface area contributed by atoms with Crippen molar-refractivity contribution in [1.29, 1.82) is 0 Å². The average molecular weight is 439 g/mol. The molecule has 0 atom stereocenters. The molecule has 2 aromatic heterocycles. The molecule has 3 heterocycles. The van der Waals surface area contributed by atoms with E-state index in [9.17, 15) is 4.79 Å². The fourth-order valence-corrected chi connectivity index (χ4v) is 4.60. The largest absolute Gasteiger partial charge is 0.486 e. The van der Waals surface area contributed by atoms with Gasteiger partial charge in [-0.15, -0.1) is 11.3 Å². The van der Waals surface area contributed by atoms with E-state index in [0.29, 0.717) is 36.5 Å². The number of para-hydroxylation sites is 2. The molecule has 0 radical (unpaired) electrons. The Labute approximate surface area is 181 Å². The van der Waals surface area contributed by atoms with Crippen LogP contribution in [-0.4, -0.2) is 29.9 Å². The first-order chi connectivity index (χ1) is 14.8. The topological polar surface area (TPSA) is 64.8 Å². The van der Waals surface area contributed by atoms with Crippen molar-refractivity contribution in [3.05, 3.63) is 64.9 Å². The highest BCUT2D eigenvalue weighted by Crippen LogP contribution is 2.35. The van der Waals surface area contributed by atoms with Crippen LogP contribution in [0.25, 0.3) is 11.1 Å². The summed E-state index contributed by atoms with van der Waals surface area (Å²) in [6, 6.07) is 17.2. The zero-order chi connectivity index (χ0) is 20.3. The lowest BCUT2D eigenvalue weighted by atomic mass is 10.2. The highest BCUT2D eigenvalue weighted by molar-refractivity contribution is 7.99. The molecule has 152 valence electrons. The Bertz CT molecular complexity index is 1140. The van der Waals surface area contributed by atoms with Gasteiger partial charge in [0.25, 0.3) is 5.22 Å². The van der Waals surface area contributed by atoms with Crippen LogP contribution in [0.4, 0.5) is 5.69 Å². The summed E-state index contributed by atoms with van der Waals surface area (Å²) in [6.07, 6.45) is 0. The predicted octanol–water partition coefficient (Wildman–Crippen LogP) is 4.99. The zero-order valence-electron chi connectivity index (χ0n) is 15.9.